The number of amides is 2. The van der Waals surface area contributed by atoms with E-state index in [4.69, 9.17) is 9.11 Å². The van der Waals surface area contributed by atoms with E-state index in [1.165, 1.54) is 21.6 Å². The van der Waals surface area contributed by atoms with Gasteiger partial charge in [0, 0.05) is 22.9 Å². The molecule has 0 radical (unpaired) electrons. The molecule has 0 spiro atoms. The van der Waals surface area contributed by atoms with Gasteiger partial charge in [0.15, 0.2) is 0 Å². The molecule has 2 aromatic rings. The molecule has 0 aliphatic rings. The van der Waals surface area contributed by atoms with Crippen LogP contribution in [-0.2, 0) is 20.2 Å². The minimum absolute atomic E-state index is 0.254. The van der Waals surface area contributed by atoms with Gasteiger partial charge in [-0.1, -0.05) is 45.9 Å². The number of carbonyl (C=O) groups is 2. The zero-order chi connectivity index (χ0) is 23.8. The van der Waals surface area contributed by atoms with Gasteiger partial charge in [-0.05, 0) is 24.3 Å². The highest BCUT2D eigenvalue weighted by atomic mass is 33.1. The van der Waals surface area contributed by atoms with Gasteiger partial charge in [-0.25, -0.2) is 0 Å². The minimum Gasteiger partial charge on any atom is -0.351 e. The van der Waals surface area contributed by atoms with Gasteiger partial charge in [0.25, 0.3) is 32.1 Å². The van der Waals surface area contributed by atoms with Crippen molar-refractivity contribution in [3.05, 3.63) is 59.7 Å². The highest BCUT2D eigenvalue weighted by molar-refractivity contribution is 8.76. The maximum Gasteiger partial charge on any atom is 0.266 e. The van der Waals surface area contributed by atoms with Crippen LogP contribution in [0.3, 0.4) is 0 Å². The Morgan fingerprint density at radius 1 is 0.688 bits per heavy atom. The minimum atomic E-state index is -4.20. The van der Waals surface area contributed by atoms with E-state index in [2.05, 4.69) is 10.6 Å². The van der Waals surface area contributed by atoms with Gasteiger partial charge in [-0.15, -0.1) is 0 Å². The van der Waals surface area contributed by atoms with Gasteiger partial charge in [-0.2, -0.15) is 16.8 Å². The predicted octanol–water partition coefficient (Wildman–Crippen LogP) is 1.72. The largest absolute Gasteiger partial charge is 0.351 e. The molecule has 2 aromatic carbocycles. The molecule has 32 heavy (non-hydrogen) atoms. The molecule has 14 heteroatoms. The van der Waals surface area contributed by atoms with E-state index in [-0.39, 0.29) is 24.2 Å². The van der Waals surface area contributed by atoms with E-state index in [1.807, 2.05) is 0 Å². The summed E-state index contributed by atoms with van der Waals surface area (Å²) in [6.45, 7) is -0.507. The first-order valence-electron chi connectivity index (χ1n) is 8.95. The van der Waals surface area contributed by atoms with Crippen LogP contribution in [0.5, 0.6) is 0 Å². The van der Waals surface area contributed by atoms with E-state index in [1.54, 1.807) is 48.5 Å². The Labute approximate surface area is 193 Å². The fraction of sp³-hybridized carbons (Fsp3) is 0.222. The van der Waals surface area contributed by atoms with Crippen molar-refractivity contribution in [2.75, 3.05) is 24.6 Å². The Morgan fingerprint density at radius 3 is 1.38 bits per heavy atom. The molecule has 174 valence electrons. The van der Waals surface area contributed by atoms with Gasteiger partial charge in [0.1, 0.15) is 0 Å². The summed E-state index contributed by atoms with van der Waals surface area (Å²) in [5.41, 5.74) is 0.575. The van der Waals surface area contributed by atoms with Crippen molar-refractivity contribution < 1.29 is 35.5 Å². The maximum absolute atomic E-state index is 12.4. The summed E-state index contributed by atoms with van der Waals surface area (Å²) in [5.74, 6) is -2.26. The molecule has 2 rings (SSSR count). The predicted molar refractivity (Wildman–Crippen MR) is 122 cm³/mol. The third-order valence-electron chi connectivity index (χ3n) is 3.78. The van der Waals surface area contributed by atoms with Crippen LogP contribution in [0.4, 0.5) is 0 Å². The fourth-order valence-electron chi connectivity index (χ4n) is 2.32. The molecule has 0 aliphatic heterocycles. The van der Waals surface area contributed by atoms with E-state index >= 15 is 0 Å². The molecular formula is C18H20N2O8S4. The van der Waals surface area contributed by atoms with Crippen LogP contribution in [-0.4, -0.2) is 62.4 Å². The second-order valence-electron chi connectivity index (χ2n) is 6.24. The lowest BCUT2D eigenvalue weighted by Gasteiger charge is -2.11. The summed E-state index contributed by atoms with van der Waals surface area (Å²) in [5, 5.41) is 4.85. The van der Waals surface area contributed by atoms with E-state index in [0.717, 1.165) is 0 Å². The van der Waals surface area contributed by atoms with Gasteiger partial charge in [0.05, 0.1) is 22.6 Å². The molecule has 2 amide bonds. The summed E-state index contributed by atoms with van der Waals surface area (Å²) in [7, 11) is -5.99. The SMILES string of the molecule is O=C(NCCS(=O)(=O)O)c1ccccc1SSc1ccccc1C(=O)NCCS(=O)(=O)O. The zero-order valence-corrected chi connectivity index (χ0v) is 19.7. The smallest absolute Gasteiger partial charge is 0.266 e. The van der Waals surface area contributed by atoms with Crippen molar-refractivity contribution in [2.45, 2.75) is 9.79 Å². The van der Waals surface area contributed by atoms with E-state index in [9.17, 15) is 26.4 Å². The molecule has 0 bridgehead atoms. The van der Waals surface area contributed by atoms with Crippen LogP contribution in [0.2, 0.25) is 0 Å². The van der Waals surface area contributed by atoms with Gasteiger partial charge >= 0.3 is 0 Å². The van der Waals surface area contributed by atoms with Crippen molar-refractivity contribution in [1.29, 1.82) is 0 Å². The van der Waals surface area contributed by atoms with E-state index < -0.39 is 43.6 Å². The van der Waals surface area contributed by atoms with Crippen molar-refractivity contribution in [2.24, 2.45) is 0 Å². The van der Waals surface area contributed by atoms with E-state index in [0.29, 0.717) is 9.79 Å². The van der Waals surface area contributed by atoms with Crippen LogP contribution in [0.25, 0.3) is 0 Å². The monoisotopic (exact) mass is 520 g/mol. The number of rotatable bonds is 11. The van der Waals surface area contributed by atoms with Crippen molar-refractivity contribution in [3.8, 4) is 0 Å². The quantitative estimate of drug-likeness (QED) is 0.253. The Hall–Kier alpha value is -2.10. The second kappa shape index (κ2) is 11.7. The number of carbonyl (C=O) groups excluding carboxylic acids is 2. The lowest BCUT2D eigenvalue weighted by Crippen LogP contribution is -2.29. The summed E-state index contributed by atoms with van der Waals surface area (Å²) < 4.78 is 60.7. The molecule has 0 saturated heterocycles. The van der Waals surface area contributed by atoms with Gasteiger partial charge in [-0.3, -0.25) is 18.7 Å². The molecule has 0 unspecified atom stereocenters. The second-order valence-corrected chi connectivity index (χ2v) is 11.6. The van der Waals surface area contributed by atoms with Crippen molar-refractivity contribution in [1.82, 2.24) is 10.6 Å². The molecule has 0 heterocycles. The third-order valence-corrected chi connectivity index (χ3v) is 7.70. The topological polar surface area (TPSA) is 167 Å². The van der Waals surface area contributed by atoms with Crippen LogP contribution in [0, 0.1) is 0 Å². The molecule has 0 fully saturated rings. The van der Waals surface area contributed by atoms with Crippen molar-refractivity contribution >= 4 is 53.6 Å². The first-order chi connectivity index (χ1) is 15.0. The fourth-order valence-corrected chi connectivity index (χ4v) is 5.40. The number of hydrogen-bond acceptors (Lipinski definition) is 8. The molecule has 0 saturated carbocycles. The summed E-state index contributed by atoms with van der Waals surface area (Å²) >= 11 is 0. The molecule has 4 N–H and O–H groups in total. The molecule has 0 aliphatic carbocycles. The molecule has 0 aromatic heterocycles. The Morgan fingerprint density at radius 2 is 1.03 bits per heavy atom. The Bertz CT molecular complexity index is 1090. The Kier molecular flexibility index (Phi) is 9.54. The molecular weight excluding hydrogens is 500 g/mol. The van der Waals surface area contributed by atoms with Crippen LogP contribution < -0.4 is 10.6 Å². The number of hydrogen-bond donors (Lipinski definition) is 4. The molecule has 0 atom stereocenters. The Balaban J connectivity index is 2.07. The lowest BCUT2D eigenvalue weighted by molar-refractivity contribution is 0.0944. The zero-order valence-electron chi connectivity index (χ0n) is 16.4. The summed E-state index contributed by atoms with van der Waals surface area (Å²) in [4.78, 5) is 25.9. The van der Waals surface area contributed by atoms with Crippen LogP contribution in [0.15, 0.2) is 58.3 Å². The van der Waals surface area contributed by atoms with Crippen LogP contribution in [0.1, 0.15) is 20.7 Å². The molecule has 10 nitrogen and oxygen atoms in total. The highest BCUT2D eigenvalue weighted by Crippen LogP contribution is 2.40. The first kappa shape index (κ1) is 26.2. The average molecular weight is 521 g/mol. The summed E-state index contributed by atoms with van der Waals surface area (Å²) in [6, 6.07) is 13.2. The van der Waals surface area contributed by atoms with Gasteiger partial charge in [0.2, 0.25) is 0 Å². The maximum atomic E-state index is 12.4. The summed E-state index contributed by atoms with van der Waals surface area (Å²) in [6.07, 6.45) is 0. The standard InChI is InChI=1S/C18H20N2O8S4/c21-17(19-9-11-31(23,24)25)13-5-1-3-7-15(13)29-30-16-8-4-2-6-14(16)18(22)20-10-12-32(26,27)28/h1-8H,9-12H2,(H,19,21)(H,20,22)(H,23,24,25)(H,26,27,28). The highest BCUT2D eigenvalue weighted by Gasteiger charge is 2.16. The first-order valence-corrected chi connectivity index (χ1v) is 14.3. The van der Waals surface area contributed by atoms with Crippen molar-refractivity contribution in [3.63, 3.8) is 0 Å². The number of nitrogens with one attached hydrogen (secondary N) is 2. The average Bonchev–Trinajstić information content (AvgIpc) is 2.70. The van der Waals surface area contributed by atoms with Gasteiger partial charge < -0.3 is 10.6 Å². The normalized spacial score (nSPS) is 11.7. The number of benzene rings is 2. The third kappa shape index (κ3) is 9.18. The lowest BCUT2D eigenvalue weighted by atomic mass is 10.2. The van der Waals surface area contributed by atoms with Crippen LogP contribution >= 0.6 is 21.6 Å².